The van der Waals surface area contributed by atoms with Crippen LogP contribution < -0.4 is 15.0 Å². The van der Waals surface area contributed by atoms with Gasteiger partial charge in [-0.15, -0.1) is 0 Å². The molecule has 2 heterocycles. The SMILES string of the molecule is C=C1CCC[C@@H](COc2nc3c(c(N4CCN[C@@H](CC#N)C4)n2)CC/C(=C\c2cccc4cccc(Cl)c24)C3)C1C. The van der Waals surface area contributed by atoms with Gasteiger partial charge < -0.3 is 15.0 Å². The zero-order chi connectivity index (χ0) is 28.3. The lowest BCUT2D eigenvalue weighted by Crippen LogP contribution is -2.51. The van der Waals surface area contributed by atoms with Crippen LogP contribution in [0.1, 0.15) is 55.8 Å². The molecule has 1 aromatic heterocycles. The van der Waals surface area contributed by atoms with Gasteiger partial charge >= 0.3 is 6.01 Å². The molecular weight excluding hydrogens is 530 g/mol. The van der Waals surface area contributed by atoms with E-state index in [4.69, 9.17) is 26.3 Å². The van der Waals surface area contributed by atoms with Gasteiger partial charge in [-0.2, -0.15) is 15.2 Å². The van der Waals surface area contributed by atoms with Crippen molar-refractivity contribution in [3.8, 4) is 12.1 Å². The zero-order valence-electron chi connectivity index (χ0n) is 23.8. The minimum atomic E-state index is 0.132. The van der Waals surface area contributed by atoms with Gasteiger partial charge in [0.15, 0.2) is 0 Å². The Hall–Kier alpha value is -3.40. The predicted molar refractivity (Wildman–Crippen MR) is 166 cm³/mol. The van der Waals surface area contributed by atoms with Crippen molar-refractivity contribution in [3.05, 3.63) is 76.0 Å². The highest BCUT2D eigenvalue weighted by atomic mass is 35.5. The van der Waals surface area contributed by atoms with Gasteiger partial charge in [-0.25, -0.2) is 0 Å². The topological polar surface area (TPSA) is 74.1 Å². The molecule has 1 N–H and O–H groups in total. The maximum atomic E-state index is 9.30. The number of hydrogen-bond donors (Lipinski definition) is 1. The third kappa shape index (κ3) is 5.98. The third-order valence-electron chi connectivity index (χ3n) is 9.13. The van der Waals surface area contributed by atoms with Crippen LogP contribution in [0.4, 0.5) is 5.82 Å². The molecule has 0 amide bonds. The summed E-state index contributed by atoms with van der Waals surface area (Å²) >= 11 is 6.64. The van der Waals surface area contributed by atoms with E-state index in [0.717, 1.165) is 84.6 Å². The number of rotatable bonds is 6. The van der Waals surface area contributed by atoms with E-state index in [1.54, 1.807) is 0 Å². The molecule has 1 saturated carbocycles. The maximum absolute atomic E-state index is 9.30. The number of nitrogens with one attached hydrogen (secondary N) is 1. The van der Waals surface area contributed by atoms with Gasteiger partial charge in [0.2, 0.25) is 0 Å². The summed E-state index contributed by atoms with van der Waals surface area (Å²) < 4.78 is 6.37. The van der Waals surface area contributed by atoms with Crippen LogP contribution in [-0.2, 0) is 12.8 Å². The van der Waals surface area contributed by atoms with E-state index in [0.29, 0.717) is 30.9 Å². The number of anilines is 1. The second-order valence-electron chi connectivity index (χ2n) is 11.8. The molecule has 1 aliphatic heterocycles. The number of fused-ring (bicyclic) bond motifs is 2. The molecule has 0 spiro atoms. The summed E-state index contributed by atoms with van der Waals surface area (Å²) in [7, 11) is 0. The predicted octanol–water partition coefficient (Wildman–Crippen LogP) is 6.92. The van der Waals surface area contributed by atoms with Gasteiger partial charge in [-0.3, -0.25) is 0 Å². The van der Waals surface area contributed by atoms with Gasteiger partial charge in [-0.05, 0) is 61.0 Å². The molecule has 0 radical (unpaired) electrons. The summed E-state index contributed by atoms with van der Waals surface area (Å²) in [5, 5.41) is 15.8. The summed E-state index contributed by atoms with van der Waals surface area (Å²) in [5.74, 6) is 1.86. The quantitative estimate of drug-likeness (QED) is 0.326. The minimum Gasteiger partial charge on any atom is -0.463 e. The molecule has 3 aliphatic rings. The Morgan fingerprint density at radius 3 is 2.90 bits per heavy atom. The first-order chi connectivity index (χ1) is 20.0. The third-order valence-corrected chi connectivity index (χ3v) is 9.44. The fraction of sp³-hybridized carbons (Fsp3) is 0.441. The highest BCUT2D eigenvalue weighted by molar-refractivity contribution is 6.36. The standard InChI is InChI=1S/C34H38ClN5O/c1-22-6-3-10-27(23(22)2)21-41-34-38-31-19-24(18-26-9-4-7-25-8-5-11-30(35)32(25)26)12-13-29(31)33(39-34)40-17-16-37-28(20-40)14-15-36/h4-5,7-9,11,18,23,27-28,37H,1,3,6,10,12-14,16-17,19-21H2,2H3/b24-18+/t23?,27-,28-/m0/s1. The largest absolute Gasteiger partial charge is 0.463 e. The molecule has 212 valence electrons. The van der Waals surface area contributed by atoms with E-state index in [1.807, 2.05) is 12.1 Å². The molecule has 1 unspecified atom stereocenters. The smallest absolute Gasteiger partial charge is 0.318 e. The normalized spacial score (nSPS) is 23.8. The van der Waals surface area contributed by atoms with Crippen molar-refractivity contribution in [1.82, 2.24) is 15.3 Å². The van der Waals surface area contributed by atoms with Gasteiger partial charge in [0.05, 0.1) is 24.8 Å². The number of nitriles is 1. The first-order valence-corrected chi connectivity index (χ1v) is 15.3. The summed E-state index contributed by atoms with van der Waals surface area (Å²) in [6, 6.07) is 15.3. The van der Waals surface area contributed by atoms with Gasteiger partial charge in [0.1, 0.15) is 5.82 Å². The van der Waals surface area contributed by atoms with Crippen molar-refractivity contribution in [1.29, 1.82) is 5.26 Å². The molecule has 2 aliphatic carbocycles. The minimum absolute atomic E-state index is 0.132. The van der Waals surface area contributed by atoms with Crippen LogP contribution in [0.15, 0.2) is 54.1 Å². The Kier molecular flexibility index (Phi) is 8.27. The Labute approximate surface area is 248 Å². The second-order valence-corrected chi connectivity index (χ2v) is 12.2. The lowest BCUT2D eigenvalue weighted by atomic mass is 9.78. The molecule has 2 aromatic carbocycles. The number of aromatic nitrogens is 2. The average Bonchev–Trinajstić information content (AvgIpc) is 2.98. The molecule has 1 saturated heterocycles. The molecule has 41 heavy (non-hydrogen) atoms. The number of nitrogens with zero attached hydrogens (tertiary/aromatic N) is 4. The van der Waals surface area contributed by atoms with E-state index in [2.05, 4.69) is 60.1 Å². The van der Waals surface area contributed by atoms with Crippen molar-refractivity contribution in [2.45, 2.75) is 57.9 Å². The molecular formula is C34H38ClN5O. The fourth-order valence-corrected chi connectivity index (χ4v) is 6.97. The summed E-state index contributed by atoms with van der Waals surface area (Å²) in [6.07, 6.45) is 8.78. The lowest BCUT2D eigenvalue weighted by molar-refractivity contribution is 0.177. The van der Waals surface area contributed by atoms with Crippen molar-refractivity contribution in [2.24, 2.45) is 11.8 Å². The van der Waals surface area contributed by atoms with Crippen molar-refractivity contribution in [2.75, 3.05) is 31.1 Å². The average molecular weight is 568 g/mol. The summed E-state index contributed by atoms with van der Waals surface area (Å²) in [5.41, 5.74) is 6.06. The molecule has 6 rings (SSSR count). The zero-order valence-corrected chi connectivity index (χ0v) is 24.6. The van der Waals surface area contributed by atoms with Gasteiger partial charge in [0.25, 0.3) is 0 Å². The number of allylic oxidation sites excluding steroid dienone is 2. The first kappa shape index (κ1) is 27.8. The van der Waals surface area contributed by atoms with Crippen LogP contribution in [-0.4, -0.2) is 42.3 Å². The Bertz CT molecular complexity index is 1520. The van der Waals surface area contributed by atoms with E-state index in [1.165, 1.54) is 23.1 Å². The Morgan fingerprint density at radius 2 is 2.05 bits per heavy atom. The van der Waals surface area contributed by atoms with Crippen LogP contribution in [0.3, 0.4) is 0 Å². The molecule has 3 atom stereocenters. The Balaban J connectivity index is 1.32. The monoisotopic (exact) mass is 567 g/mol. The van der Waals surface area contributed by atoms with E-state index in [-0.39, 0.29) is 6.04 Å². The van der Waals surface area contributed by atoms with E-state index >= 15 is 0 Å². The summed E-state index contributed by atoms with van der Waals surface area (Å²) in [6.45, 7) is 9.59. The molecule has 0 bridgehead atoms. The van der Waals surface area contributed by atoms with Crippen LogP contribution in [0.25, 0.3) is 16.8 Å². The molecule has 6 nitrogen and oxygen atoms in total. The first-order valence-electron chi connectivity index (χ1n) is 14.9. The number of piperazine rings is 1. The number of ether oxygens (including phenoxy) is 1. The highest BCUT2D eigenvalue weighted by Gasteiger charge is 2.29. The van der Waals surface area contributed by atoms with Crippen LogP contribution >= 0.6 is 11.6 Å². The summed E-state index contributed by atoms with van der Waals surface area (Å²) in [4.78, 5) is 12.4. The van der Waals surface area contributed by atoms with Crippen LogP contribution in [0.5, 0.6) is 6.01 Å². The Morgan fingerprint density at radius 1 is 1.20 bits per heavy atom. The molecule has 2 fully saturated rings. The number of hydrogen-bond acceptors (Lipinski definition) is 6. The van der Waals surface area contributed by atoms with Crippen molar-refractivity contribution < 1.29 is 4.74 Å². The van der Waals surface area contributed by atoms with Crippen LogP contribution in [0, 0.1) is 23.2 Å². The van der Waals surface area contributed by atoms with Gasteiger partial charge in [0, 0.05) is 48.1 Å². The fourth-order valence-electron chi connectivity index (χ4n) is 6.68. The van der Waals surface area contributed by atoms with Crippen molar-refractivity contribution >= 4 is 34.3 Å². The van der Waals surface area contributed by atoms with Crippen molar-refractivity contribution in [3.63, 3.8) is 0 Å². The van der Waals surface area contributed by atoms with E-state index < -0.39 is 0 Å². The van der Waals surface area contributed by atoms with Crippen LogP contribution in [0.2, 0.25) is 5.02 Å². The van der Waals surface area contributed by atoms with E-state index in [9.17, 15) is 5.26 Å². The molecule has 3 aromatic rings. The molecule has 7 heteroatoms. The highest BCUT2D eigenvalue weighted by Crippen LogP contribution is 2.36. The second kappa shape index (κ2) is 12.2. The maximum Gasteiger partial charge on any atom is 0.318 e. The number of benzene rings is 2. The lowest BCUT2D eigenvalue weighted by Gasteiger charge is -2.36. The number of halogens is 1. The van der Waals surface area contributed by atoms with Gasteiger partial charge in [-0.1, -0.05) is 72.7 Å².